The van der Waals surface area contributed by atoms with Crippen LogP contribution in [-0.4, -0.2) is 79.0 Å². The highest BCUT2D eigenvalue weighted by Crippen LogP contribution is 2.45. The third kappa shape index (κ3) is 8.52. The van der Waals surface area contributed by atoms with E-state index in [9.17, 15) is 24.9 Å². The Kier molecular flexibility index (Phi) is 12.1. The lowest BCUT2D eigenvalue weighted by Crippen LogP contribution is -2.37. The number of aromatic hydroxyl groups is 2. The van der Waals surface area contributed by atoms with Crippen LogP contribution in [0, 0.1) is 11.8 Å². The number of carbonyl (C=O) groups excluding carboxylic acids is 2. The van der Waals surface area contributed by atoms with Gasteiger partial charge in [-0.2, -0.15) is 0 Å². The van der Waals surface area contributed by atoms with Crippen molar-refractivity contribution in [1.82, 2.24) is 0 Å². The lowest BCUT2D eigenvalue weighted by molar-refractivity contribution is -0.112. The monoisotopic (exact) mass is 601 g/mol. The molecule has 6 N–H and O–H groups in total. The molecule has 2 bridgehead atoms. The number of amides is 2. The number of phenolic OH excluding ortho intramolecular Hbond substituents is 2. The summed E-state index contributed by atoms with van der Waals surface area (Å²) >= 11 is 0. The Bertz CT molecular complexity index is 1240. The van der Waals surface area contributed by atoms with Crippen molar-refractivity contribution in [2.45, 2.75) is 77.8 Å². The van der Waals surface area contributed by atoms with Crippen molar-refractivity contribution in [2.75, 3.05) is 37.5 Å². The molecule has 0 radical (unpaired) electrons. The van der Waals surface area contributed by atoms with Crippen LogP contribution in [0.2, 0.25) is 0 Å². The molecule has 2 amide bonds. The van der Waals surface area contributed by atoms with Gasteiger partial charge in [-0.05, 0) is 51.0 Å². The van der Waals surface area contributed by atoms with E-state index >= 15 is 0 Å². The standard InChI is InChI=1S/C32H47N3O8/c1-18-14-22-27(35-12-7-8-13-35)24(36)17-23(29(22)38)34-31(39)19(2)10-9-11-25(41-5)30(43-32(33)40)21(4)16-20(3)28(37)26(15-18)42-6/h9-11,16-18,20,25-26,28,30,36-38H,7-8,12-15H2,1-6H3,(H2,33,40)(H,34,39)/b11-9-,19-10+,21-16+/t18-,20+,25+,26+,28-,30+/m1/s1. The van der Waals surface area contributed by atoms with Crippen LogP contribution in [0.1, 0.15) is 52.5 Å². The molecule has 0 aromatic heterocycles. The first-order valence-electron chi connectivity index (χ1n) is 14.7. The predicted octanol–water partition coefficient (Wildman–Crippen LogP) is 4.16. The molecule has 43 heavy (non-hydrogen) atoms. The molecule has 1 saturated heterocycles. The number of carbonyl (C=O) groups is 2. The minimum atomic E-state index is -0.979. The van der Waals surface area contributed by atoms with Gasteiger partial charge in [0.05, 0.1) is 23.6 Å². The Labute approximate surface area is 254 Å². The smallest absolute Gasteiger partial charge is 0.405 e. The van der Waals surface area contributed by atoms with Crippen molar-refractivity contribution in [3.05, 3.63) is 47.1 Å². The third-order valence-corrected chi connectivity index (χ3v) is 8.22. The van der Waals surface area contributed by atoms with Gasteiger partial charge in [-0.3, -0.25) is 4.79 Å². The lowest BCUT2D eigenvalue weighted by atomic mass is 9.87. The minimum absolute atomic E-state index is 0.0226. The van der Waals surface area contributed by atoms with E-state index in [4.69, 9.17) is 19.9 Å². The van der Waals surface area contributed by atoms with E-state index < -0.39 is 42.3 Å². The van der Waals surface area contributed by atoms with Crippen molar-refractivity contribution in [3.8, 4) is 11.5 Å². The summed E-state index contributed by atoms with van der Waals surface area (Å²) in [6.07, 6.45) is 5.26. The number of nitrogens with one attached hydrogen (secondary N) is 1. The van der Waals surface area contributed by atoms with Crippen molar-refractivity contribution in [2.24, 2.45) is 17.6 Å². The van der Waals surface area contributed by atoms with Crippen molar-refractivity contribution >= 4 is 23.4 Å². The molecule has 11 heteroatoms. The van der Waals surface area contributed by atoms with Gasteiger partial charge in [-0.1, -0.05) is 38.2 Å². The number of hydrogen-bond donors (Lipinski definition) is 5. The Morgan fingerprint density at radius 3 is 2.40 bits per heavy atom. The Hall–Kier alpha value is -3.54. The fourth-order valence-electron chi connectivity index (χ4n) is 5.89. The fraction of sp³-hybridized carbons (Fsp3) is 0.562. The normalized spacial score (nSPS) is 31.0. The van der Waals surface area contributed by atoms with Crippen molar-refractivity contribution < 1.29 is 39.1 Å². The van der Waals surface area contributed by atoms with Crippen LogP contribution in [0.4, 0.5) is 16.2 Å². The number of fused-ring (bicyclic) bond motifs is 2. The van der Waals surface area contributed by atoms with Crippen LogP contribution >= 0.6 is 0 Å². The second-order valence-corrected chi connectivity index (χ2v) is 11.6. The largest absolute Gasteiger partial charge is 0.506 e. The number of hydrogen-bond acceptors (Lipinski definition) is 9. The number of phenols is 2. The fourth-order valence-corrected chi connectivity index (χ4v) is 5.89. The maximum atomic E-state index is 13.1. The molecule has 2 heterocycles. The summed E-state index contributed by atoms with van der Waals surface area (Å²) in [7, 11) is 2.99. The van der Waals surface area contributed by atoms with Gasteiger partial charge in [0.2, 0.25) is 0 Å². The second kappa shape index (κ2) is 15.3. The van der Waals surface area contributed by atoms with E-state index in [-0.39, 0.29) is 23.1 Å². The lowest BCUT2D eigenvalue weighted by Gasteiger charge is -2.30. The molecule has 3 rings (SSSR count). The molecule has 1 fully saturated rings. The van der Waals surface area contributed by atoms with Crippen molar-refractivity contribution in [3.63, 3.8) is 0 Å². The van der Waals surface area contributed by atoms with Gasteiger partial charge in [-0.25, -0.2) is 4.79 Å². The highest BCUT2D eigenvalue weighted by Gasteiger charge is 2.31. The molecule has 0 unspecified atom stereocenters. The Morgan fingerprint density at radius 2 is 1.79 bits per heavy atom. The number of nitrogens with two attached hydrogens (primary N) is 1. The summed E-state index contributed by atoms with van der Waals surface area (Å²) in [6.45, 7) is 8.70. The van der Waals surface area contributed by atoms with Gasteiger partial charge in [0.25, 0.3) is 5.91 Å². The van der Waals surface area contributed by atoms with Crippen LogP contribution < -0.4 is 16.0 Å². The topological polar surface area (TPSA) is 164 Å². The van der Waals surface area contributed by atoms with E-state index in [1.54, 1.807) is 38.2 Å². The van der Waals surface area contributed by atoms with Gasteiger partial charge in [0, 0.05) is 50.4 Å². The second-order valence-electron chi connectivity index (χ2n) is 11.6. The van der Waals surface area contributed by atoms with Crippen molar-refractivity contribution in [1.29, 1.82) is 0 Å². The summed E-state index contributed by atoms with van der Waals surface area (Å²) in [5.74, 6) is -1.09. The number of benzene rings is 1. The molecule has 0 aliphatic carbocycles. The first-order valence-corrected chi connectivity index (χ1v) is 14.7. The molecular weight excluding hydrogens is 554 g/mol. The molecule has 0 saturated carbocycles. The van der Waals surface area contributed by atoms with E-state index in [2.05, 4.69) is 10.2 Å². The number of methoxy groups -OCH3 is 2. The maximum absolute atomic E-state index is 13.1. The number of aliphatic hydroxyl groups excluding tert-OH is 1. The molecule has 1 aromatic carbocycles. The van der Waals surface area contributed by atoms with E-state index in [0.717, 1.165) is 25.9 Å². The van der Waals surface area contributed by atoms with Crippen LogP contribution in [0.25, 0.3) is 0 Å². The molecule has 6 atom stereocenters. The van der Waals surface area contributed by atoms with Crippen LogP contribution in [0.15, 0.2) is 41.5 Å². The highest BCUT2D eigenvalue weighted by molar-refractivity contribution is 6.05. The summed E-state index contributed by atoms with van der Waals surface area (Å²) in [5, 5.41) is 36.6. The Morgan fingerprint density at radius 1 is 1.12 bits per heavy atom. The quantitative estimate of drug-likeness (QED) is 0.194. The first kappa shape index (κ1) is 34.0. The number of allylic oxidation sites excluding steroid dienone is 2. The number of aliphatic hydroxyl groups is 1. The van der Waals surface area contributed by atoms with Gasteiger partial charge < -0.3 is 45.5 Å². The summed E-state index contributed by atoms with van der Waals surface area (Å²) < 4.78 is 16.7. The number of anilines is 2. The zero-order chi connectivity index (χ0) is 31.8. The van der Waals surface area contributed by atoms with Gasteiger partial charge in [-0.15, -0.1) is 0 Å². The number of ether oxygens (including phenoxy) is 3. The SMILES string of the molecule is CO[C@H]1/C=C\C=C(/C)C(=O)Nc2cc(O)c(N3CCCC3)c(c2O)C[C@@H](C)C[C@H](OC)[C@H](O)[C@@H](C)/C=C(\C)[C@@H]1OC(N)=O. The molecule has 11 nitrogen and oxygen atoms in total. The molecule has 2 aliphatic heterocycles. The number of rotatable bonds is 4. The number of primary amides is 1. The van der Waals surface area contributed by atoms with Gasteiger partial charge in [0.15, 0.2) is 6.10 Å². The van der Waals surface area contributed by atoms with E-state index in [1.165, 1.54) is 20.3 Å². The minimum Gasteiger partial charge on any atom is -0.506 e. The van der Waals surface area contributed by atoms with Gasteiger partial charge >= 0.3 is 6.09 Å². The number of nitrogens with zero attached hydrogens (tertiary/aromatic N) is 1. The van der Waals surface area contributed by atoms with E-state index in [1.807, 2.05) is 13.8 Å². The van der Waals surface area contributed by atoms with E-state index in [0.29, 0.717) is 35.2 Å². The first-order chi connectivity index (χ1) is 20.4. The Balaban J connectivity index is 2.12. The molecule has 1 aromatic rings. The molecule has 0 spiro atoms. The van der Waals surface area contributed by atoms with Gasteiger partial charge in [0.1, 0.15) is 17.6 Å². The third-order valence-electron chi connectivity index (χ3n) is 8.22. The van der Waals surface area contributed by atoms with Crippen LogP contribution in [0.5, 0.6) is 11.5 Å². The van der Waals surface area contributed by atoms with Crippen LogP contribution in [0.3, 0.4) is 0 Å². The maximum Gasteiger partial charge on any atom is 0.405 e. The zero-order valence-corrected chi connectivity index (χ0v) is 26.0. The molecule has 2 aliphatic rings. The predicted molar refractivity (Wildman–Crippen MR) is 165 cm³/mol. The summed E-state index contributed by atoms with van der Waals surface area (Å²) in [4.78, 5) is 26.9. The molecular formula is C32H47N3O8. The zero-order valence-electron chi connectivity index (χ0n) is 26.0. The summed E-state index contributed by atoms with van der Waals surface area (Å²) in [5.41, 5.74) is 7.50. The molecule has 238 valence electrons. The summed E-state index contributed by atoms with van der Waals surface area (Å²) in [6, 6.07) is 1.38. The highest BCUT2D eigenvalue weighted by atomic mass is 16.6. The average molecular weight is 602 g/mol. The average Bonchev–Trinajstić information content (AvgIpc) is 3.48. The van der Waals surface area contributed by atoms with Crippen LogP contribution in [-0.2, 0) is 25.4 Å².